The van der Waals surface area contributed by atoms with Crippen molar-refractivity contribution < 1.29 is 0 Å². The van der Waals surface area contributed by atoms with Crippen LogP contribution < -0.4 is 0 Å². The van der Waals surface area contributed by atoms with Gasteiger partial charge in [-0.05, 0) is 17.8 Å². The lowest BCUT2D eigenvalue weighted by Crippen LogP contribution is -1.99. The van der Waals surface area contributed by atoms with E-state index in [4.69, 9.17) is 0 Å². The number of unbranched alkanes of at least 4 members (excludes halogenated alkanes) is 23. The molecular formula is C41H84. The van der Waals surface area contributed by atoms with Gasteiger partial charge in [-0.25, -0.2) is 0 Å². The van der Waals surface area contributed by atoms with E-state index in [1.807, 2.05) is 0 Å². The van der Waals surface area contributed by atoms with E-state index < -0.39 is 0 Å². The third-order valence-corrected chi connectivity index (χ3v) is 10.1. The summed E-state index contributed by atoms with van der Waals surface area (Å²) >= 11 is 0. The van der Waals surface area contributed by atoms with E-state index in [9.17, 15) is 0 Å². The Kier molecular flexibility index (Phi) is 34.5. The summed E-state index contributed by atoms with van der Waals surface area (Å²) < 4.78 is 0. The Bertz CT molecular complexity index is 453. The molecule has 3 unspecified atom stereocenters. The molecule has 0 aromatic carbocycles. The molecule has 0 fully saturated rings. The second-order valence-corrected chi connectivity index (χ2v) is 14.9. The van der Waals surface area contributed by atoms with Crippen LogP contribution in [0.3, 0.4) is 0 Å². The summed E-state index contributed by atoms with van der Waals surface area (Å²) in [6.07, 6.45) is 48.5. The molecule has 0 radical (unpaired) electrons. The summed E-state index contributed by atoms with van der Waals surface area (Å²) in [6, 6.07) is 0. The molecule has 0 saturated carbocycles. The maximum Gasteiger partial charge on any atom is -0.0443 e. The average Bonchev–Trinajstić information content (AvgIpc) is 2.96. The Labute approximate surface area is 263 Å². The van der Waals surface area contributed by atoms with Gasteiger partial charge in [-0.3, -0.25) is 0 Å². The fourth-order valence-corrected chi connectivity index (χ4v) is 6.89. The number of hydrogen-bond donors (Lipinski definition) is 0. The van der Waals surface area contributed by atoms with Crippen molar-refractivity contribution in [2.45, 2.75) is 247 Å². The quantitative estimate of drug-likeness (QED) is 0.0658. The van der Waals surface area contributed by atoms with Crippen LogP contribution in [0, 0.1) is 17.8 Å². The van der Waals surface area contributed by atoms with Gasteiger partial charge in [0, 0.05) is 0 Å². The Morgan fingerprint density at radius 1 is 0.220 bits per heavy atom. The lowest BCUT2D eigenvalue weighted by atomic mass is 9.92. The van der Waals surface area contributed by atoms with Gasteiger partial charge in [-0.1, -0.05) is 247 Å². The summed E-state index contributed by atoms with van der Waals surface area (Å²) in [5.74, 6) is 2.86. The van der Waals surface area contributed by atoms with Crippen molar-refractivity contribution in [2.75, 3.05) is 0 Å². The number of hydrogen-bond acceptors (Lipinski definition) is 0. The predicted molar refractivity (Wildman–Crippen MR) is 191 cm³/mol. The van der Waals surface area contributed by atoms with E-state index in [1.54, 1.807) is 0 Å². The van der Waals surface area contributed by atoms with Crippen LogP contribution in [0.2, 0.25) is 0 Å². The monoisotopic (exact) mass is 577 g/mol. The van der Waals surface area contributed by atoms with Crippen LogP contribution in [0.25, 0.3) is 0 Å². The summed E-state index contributed by atoms with van der Waals surface area (Å²) in [6.45, 7) is 12.1. The molecule has 248 valence electrons. The highest BCUT2D eigenvalue weighted by molar-refractivity contribution is 4.60. The molecule has 0 rings (SSSR count). The summed E-state index contributed by atoms with van der Waals surface area (Å²) in [5, 5.41) is 0. The molecule has 0 heteroatoms. The topological polar surface area (TPSA) is 0 Å². The van der Waals surface area contributed by atoms with Crippen molar-refractivity contribution in [3.05, 3.63) is 0 Å². The second-order valence-electron chi connectivity index (χ2n) is 14.9. The molecule has 0 bridgehead atoms. The Morgan fingerprint density at radius 2 is 0.415 bits per heavy atom. The van der Waals surface area contributed by atoms with Gasteiger partial charge in [0.2, 0.25) is 0 Å². The average molecular weight is 577 g/mol. The maximum atomic E-state index is 2.52. The van der Waals surface area contributed by atoms with Gasteiger partial charge >= 0.3 is 0 Å². The third kappa shape index (κ3) is 34.4. The van der Waals surface area contributed by atoms with Crippen molar-refractivity contribution in [2.24, 2.45) is 17.8 Å². The molecular weight excluding hydrogens is 492 g/mol. The minimum Gasteiger partial charge on any atom is -0.0654 e. The van der Waals surface area contributed by atoms with Gasteiger partial charge in [-0.15, -0.1) is 0 Å². The van der Waals surface area contributed by atoms with E-state index in [0.717, 1.165) is 17.8 Å². The van der Waals surface area contributed by atoms with Crippen LogP contribution in [-0.2, 0) is 0 Å². The fraction of sp³-hybridized carbons (Fsp3) is 1.00. The van der Waals surface area contributed by atoms with Crippen LogP contribution in [0.15, 0.2) is 0 Å². The SMILES string of the molecule is CCCCCCCCCCCCCCCCCCCCCC(C)CCCC(C)CCCCCCCC(C)CCCC. The van der Waals surface area contributed by atoms with Crippen molar-refractivity contribution in [3.8, 4) is 0 Å². The first kappa shape index (κ1) is 41.0. The van der Waals surface area contributed by atoms with Gasteiger partial charge in [0.15, 0.2) is 0 Å². The predicted octanol–water partition coefficient (Wildman–Crippen LogP) is 15.8. The minimum absolute atomic E-state index is 0.950. The van der Waals surface area contributed by atoms with E-state index >= 15 is 0 Å². The van der Waals surface area contributed by atoms with Crippen LogP contribution in [0.4, 0.5) is 0 Å². The molecule has 0 spiro atoms. The minimum atomic E-state index is 0.950. The van der Waals surface area contributed by atoms with Crippen LogP contribution in [-0.4, -0.2) is 0 Å². The molecule has 0 amide bonds. The number of rotatable bonds is 35. The zero-order valence-corrected chi connectivity index (χ0v) is 30.1. The van der Waals surface area contributed by atoms with E-state index in [-0.39, 0.29) is 0 Å². The van der Waals surface area contributed by atoms with Gasteiger partial charge in [0.05, 0.1) is 0 Å². The van der Waals surface area contributed by atoms with Crippen molar-refractivity contribution in [1.82, 2.24) is 0 Å². The van der Waals surface area contributed by atoms with Crippen LogP contribution in [0.1, 0.15) is 247 Å². The lowest BCUT2D eigenvalue weighted by molar-refractivity contribution is 0.389. The first-order chi connectivity index (χ1) is 20.1. The molecule has 0 aromatic heterocycles. The van der Waals surface area contributed by atoms with Gasteiger partial charge in [0.25, 0.3) is 0 Å². The largest absolute Gasteiger partial charge is 0.0654 e. The smallest absolute Gasteiger partial charge is 0.0443 e. The van der Waals surface area contributed by atoms with E-state index in [0.29, 0.717) is 0 Å². The molecule has 0 aliphatic heterocycles. The summed E-state index contributed by atoms with van der Waals surface area (Å²) in [7, 11) is 0. The Morgan fingerprint density at radius 3 is 0.683 bits per heavy atom. The molecule has 0 N–H and O–H groups in total. The maximum absolute atomic E-state index is 2.52. The molecule has 0 nitrogen and oxygen atoms in total. The van der Waals surface area contributed by atoms with Crippen LogP contribution in [0.5, 0.6) is 0 Å². The Balaban J connectivity index is 3.27. The molecule has 0 heterocycles. The third-order valence-electron chi connectivity index (χ3n) is 10.1. The van der Waals surface area contributed by atoms with Gasteiger partial charge < -0.3 is 0 Å². The zero-order chi connectivity index (χ0) is 30.1. The highest BCUT2D eigenvalue weighted by Crippen LogP contribution is 2.23. The van der Waals surface area contributed by atoms with Gasteiger partial charge in [-0.2, -0.15) is 0 Å². The molecule has 41 heavy (non-hydrogen) atoms. The van der Waals surface area contributed by atoms with Crippen molar-refractivity contribution >= 4 is 0 Å². The van der Waals surface area contributed by atoms with E-state index in [1.165, 1.54) is 212 Å². The first-order valence-corrected chi connectivity index (χ1v) is 20.1. The molecule has 0 saturated heterocycles. The molecule has 0 aliphatic rings. The fourth-order valence-electron chi connectivity index (χ4n) is 6.89. The van der Waals surface area contributed by atoms with Crippen LogP contribution >= 0.6 is 0 Å². The first-order valence-electron chi connectivity index (χ1n) is 20.1. The lowest BCUT2D eigenvalue weighted by Gasteiger charge is -2.14. The molecule has 3 atom stereocenters. The van der Waals surface area contributed by atoms with E-state index in [2.05, 4.69) is 34.6 Å². The highest BCUT2D eigenvalue weighted by atomic mass is 14.1. The Hall–Kier alpha value is 0. The van der Waals surface area contributed by atoms with Gasteiger partial charge in [0.1, 0.15) is 0 Å². The van der Waals surface area contributed by atoms with Crippen molar-refractivity contribution in [1.29, 1.82) is 0 Å². The molecule has 0 aromatic rings. The highest BCUT2D eigenvalue weighted by Gasteiger charge is 2.06. The standard InChI is InChI=1S/C41H84/c1-6-8-10-11-12-13-14-15-16-17-18-19-20-21-22-23-24-26-29-35-40(4)37-32-38-41(5)36-31-28-25-27-30-34-39(3)33-9-7-2/h39-41H,6-38H2,1-5H3. The normalized spacial score (nSPS) is 14.0. The zero-order valence-electron chi connectivity index (χ0n) is 30.1. The second kappa shape index (κ2) is 34.5. The summed E-state index contributed by atoms with van der Waals surface area (Å²) in [4.78, 5) is 0. The summed E-state index contributed by atoms with van der Waals surface area (Å²) in [5.41, 5.74) is 0. The van der Waals surface area contributed by atoms with Crippen molar-refractivity contribution in [3.63, 3.8) is 0 Å². The molecule has 0 aliphatic carbocycles.